The van der Waals surface area contributed by atoms with Crippen LogP contribution in [0.3, 0.4) is 0 Å². The average Bonchev–Trinajstić information content (AvgIpc) is 1.73. The van der Waals surface area contributed by atoms with E-state index in [2.05, 4.69) is 177 Å². The molecular weight excluding hydrogens is 1100 g/mol. The lowest BCUT2D eigenvalue weighted by atomic mass is 9.97. The zero-order valence-corrected chi connectivity index (χ0v) is 59.0. The number of aryl methyl sites for hydroxylation is 3. The Labute approximate surface area is 551 Å². The lowest BCUT2D eigenvalue weighted by Gasteiger charge is -2.16. The van der Waals surface area contributed by atoms with Crippen molar-refractivity contribution in [2.75, 3.05) is 26.4 Å². The fraction of sp³-hybridized carbons (Fsp3) is 0.561. The summed E-state index contributed by atoms with van der Waals surface area (Å²) in [5.74, 6) is 3.60. The highest BCUT2D eigenvalue weighted by Gasteiger charge is 2.12. The van der Waals surface area contributed by atoms with Crippen LogP contribution in [0.25, 0.3) is 11.1 Å². The van der Waals surface area contributed by atoms with Gasteiger partial charge in [0.05, 0.1) is 36.9 Å². The smallest absolute Gasteiger partial charge is 0.122 e. The first-order valence-electron chi connectivity index (χ1n) is 35.7. The molecule has 0 bridgehead atoms. The van der Waals surface area contributed by atoms with Gasteiger partial charge in [-0.1, -0.05) is 296 Å². The summed E-state index contributed by atoms with van der Waals surface area (Å²) in [4.78, 5) is 0. The Kier molecular flexibility index (Phi) is 52.8. The van der Waals surface area contributed by atoms with Gasteiger partial charge in [0.15, 0.2) is 0 Å². The molecule has 5 aromatic carbocycles. The van der Waals surface area contributed by atoms with E-state index in [1.54, 1.807) is 6.08 Å². The summed E-state index contributed by atoms with van der Waals surface area (Å²) in [6.07, 6.45) is 42.8. The van der Waals surface area contributed by atoms with Gasteiger partial charge >= 0.3 is 0 Å². The molecule has 5 rings (SSSR count). The molecule has 8 heteroatoms. The van der Waals surface area contributed by atoms with E-state index >= 15 is 0 Å². The third-order valence-corrected chi connectivity index (χ3v) is 15.6. The molecule has 500 valence electrons. The van der Waals surface area contributed by atoms with Crippen LogP contribution in [-0.2, 0) is 17.6 Å². The molecule has 0 heterocycles. The summed E-state index contributed by atoms with van der Waals surface area (Å²) >= 11 is 0. The molecule has 0 aliphatic carbocycles. The van der Waals surface area contributed by atoms with E-state index in [0.29, 0.717) is 24.1 Å². The van der Waals surface area contributed by atoms with Crippen LogP contribution >= 0.6 is 0 Å². The van der Waals surface area contributed by atoms with Gasteiger partial charge < -0.3 is 19.3 Å². The molecular formula is C82H128N4O4. The molecule has 1 atom stereocenters. The predicted molar refractivity (Wildman–Crippen MR) is 391 cm³/mol. The molecule has 0 aromatic heterocycles. The maximum absolute atomic E-state index is 8.07. The van der Waals surface area contributed by atoms with Gasteiger partial charge in [0.2, 0.25) is 0 Å². The normalized spacial score (nSPS) is 11.4. The van der Waals surface area contributed by atoms with Gasteiger partial charge in [0.1, 0.15) is 17.3 Å². The summed E-state index contributed by atoms with van der Waals surface area (Å²) < 4.78 is 18.0. The largest absolute Gasteiger partial charge is 0.494 e. The van der Waals surface area contributed by atoms with Crippen molar-refractivity contribution in [2.24, 2.45) is 21.3 Å². The van der Waals surface area contributed by atoms with Crippen molar-refractivity contribution in [3.8, 4) is 22.6 Å². The molecule has 0 fully saturated rings. The molecule has 2 N–H and O–H groups in total. The third-order valence-electron chi connectivity index (χ3n) is 15.6. The SMILES string of the molecule is C=C(/C=C\C(=C\C(C)C)OCCCCCCCCCC)N=N.CCCCCCCCCCCCCCCCOc1ccc(N=Nc2ccc(-c3ccc(OCCCC)cc3)c(C)c2)cc1C(C)CC.CCCCO.CCc1cccc(CC)c1.c1ccccc1. The van der Waals surface area contributed by atoms with Crippen LogP contribution in [0.15, 0.2) is 173 Å². The zero-order chi connectivity index (χ0) is 65.9. The van der Waals surface area contributed by atoms with E-state index in [9.17, 15) is 0 Å². The quantitative estimate of drug-likeness (QED) is 0.0175. The van der Waals surface area contributed by atoms with Crippen LogP contribution in [0.2, 0.25) is 0 Å². The molecule has 90 heavy (non-hydrogen) atoms. The maximum atomic E-state index is 8.07. The third kappa shape index (κ3) is 43.6. The first kappa shape index (κ1) is 81.9. The second-order valence-corrected chi connectivity index (χ2v) is 24.2. The summed E-state index contributed by atoms with van der Waals surface area (Å²) in [5, 5.41) is 20.6. The molecule has 0 radical (unpaired) electrons. The van der Waals surface area contributed by atoms with E-state index < -0.39 is 0 Å². The molecule has 8 nitrogen and oxygen atoms in total. The minimum Gasteiger partial charge on any atom is -0.494 e. The number of aliphatic hydroxyl groups excluding tert-OH is 1. The van der Waals surface area contributed by atoms with Gasteiger partial charge in [-0.05, 0) is 158 Å². The Hall–Kier alpha value is -6.12. The summed E-state index contributed by atoms with van der Waals surface area (Å²) in [7, 11) is 0. The van der Waals surface area contributed by atoms with Crippen molar-refractivity contribution in [1.82, 2.24) is 0 Å². The van der Waals surface area contributed by atoms with Crippen LogP contribution in [0.5, 0.6) is 11.5 Å². The Bertz CT molecular complexity index is 2520. The number of rotatable bonds is 43. The minimum atomic E-state index is 0.344. The van der Waals surface area contributed by atoms with Crippen LogP contribution < -0.4 is 9.47 Å². The van der Waals surface area contributed by atoms with Crippen molar-refractivity contribution >= 4 is 11.4 Å². The number of unbranched alkanes of at least 4 members (excludes halogenated alkanes) is 22. The Morgan fingerprint density at radius 2 is 0.967 bits per heavy atom. The average molecular weight is 1230 g/mol. The van der Waals surface area contributed by atoms with E-state index in [-0.39, 0.29) is 0 Å². The van der Waals surface area contributed by atoms with Crippen molar-refractivity contribution in [2.45, 2.75) is 268 Å². The molecule has 0 aliphatic rings. The van der Waals surface area contributed by atoms with E-state index in [4.69, 9.17) is 24.8 Å². The highest BCUT2D eigenvalue weighted by molar-refractivity contribution is 5.70. The van der Waals surface area contributed by atoms with Gasteiger partial charge in [-0.15, -0.1) is 0 Å². The summed E-state index contributed by atoms with van der Waals surface area (Å²) in [6.45, 7) is 30.3. The number of hydrogen-bond acceptors (Lipinski definition) is 8. The van der Waals surface area contributed by atoms with Crippen molar-refractivity contribution in [3.05, 3.63) is 180 Å². The number of benzene rings is 5. The number of hydrogen-bond donors (Lipinski definition) is 2. The Morgan fingerprint density at radius 3 is 1.41 bits per heavy atom. The number of ether oxygens (including phenoxy) is 3. The molecule has 5 aromatic rings. The highest BCUT2D eigenvalue weighted by atomic mass is 16.5. The minimum absolute atomic E-state index is 0.344. The lowest BCUT2D eigenvalue weighted by Crippen LogP contribution is -2.02. The fourth-order valence-electron chi connectivity index (χ4n) is 9.76. The van der Waals surface area contributed by atoms with E-state index in [1.165, 1.54) is 162 Å². The number of nitrogens with zero attached hydrogens (tertiary/aromatic N) is 3. The van der Waals surface area contributed by atoms with Gasteiger partial charge in [0.25, 0.3) is 0 Å². The first-order chi connectivity index (χ1) is 43.9. The predicted octanol–water partition coefficient (Wildman–Crippen LogP) is 26.7. The number of azo groups is 1. The standard InChI is InChI=1S/C43H64N2O2.C19H34N2O.C10H14.C6H6.C4H10O/c1-6-9-11-12-13-14-15-16-17-18-19-20-21-22-32-47-43-30-26-39(34-42(43)35(4)8-3)45-44-38-25-29-41(36(5)33-38)37-23-27-40(28-24-37)46-31-10-7-2;1-5-6-7-8-9-10-11-12-15-22-19(16-17(2)3)14-13-18(4)21-20;1-3-9-6-5-7-10(4-2)8-9;1-2-4-6-5-3-1;1-2-3-4-5/h23-30,33-35H,6-22,31-32H2,1-5H3;13-14,16-17,20H,4-12,15H2,1-3H3;5-8H,3-4H2,1-2H3;1-6H;5H,2-4H2,1H3/b;14-13-,19-16-,21-20?;;;. The van der Waals surface area contributed by atoms with Crippen LogP contribution in [0.4, 0.5) is 11.4 Å². The zero-order valence-electron chi connectivity index (χ0n) is 59.0. The van der Waals surface area contributed by atoms with Gasteiger partial charge in [-0.25, -0.2) is 5.53 Å². The topological polar surface area (TPSA) is 109 Å². The number of nitrogens with one attached hydrogen (secondary N) is 1. The molecule has 0 saturated carbocycles. The lowest BCUT2D eigenvalue weighted by molar-refractivity contribution is 0.214. The molecule has 1 unspecified atom stereocenters. The second-order valence-electron chi connectivity index (χ2n) is 24.2. The van der Waals surface area contributed by atoms with Crippen LogP contribution in [0.1, 0.15) is 271 Å². The Balaban J connectivity index is 0.000000761. The number of allylic oxidation sites excluding steroid dienone is 3. The fourth-order valence-corrected chi connectivity index (χ4v) is 9.76. The molecule has 0 amide bonds. The summed E-state index contributed by atoms with van der Waals surface area (Å²) in [5.41, 5.74) is 16.7. The number of aliphatic hydroxyl groups is 1. The van der Waals surface area contributed by atoms with E-state index in [0.717, 1.165) is 106 Å². The van der Waals surface area contributed by atoms with Crippen LogP contribution in [0, 0.1) is 18.4 Å². The molecule has 0 aliphatic heterocycles. The van der Waals surface area contributed by atoms with Crippen molar-refractivity contribution in [3.63, 3.8) is 0 Å². The van der Waals surface area contributed by atoms with E-state index in [1.807, 2.05) is 54.6 Å². The maximum Gasteiger partial charge on any atom is 0.122 e. The van der Waals surface area contributed by atoms with Gasteiger partial charge in [-0.3, -0.25) is 0 Å². The van der Waals surface area contributed by atoms with Gasteiger partial charge in [0, 0.05) is 6.61 Å². The highest BCUT2D eigenvalue weighted by Crippen LogP contribution is 2.34. The first-order valence-corrected chi connectivity index (χ1v) is 35.7. The van der Waals surface area contributed by atoms with Crippen LogP contribution in [-0.4, -0.2) is 31.5 Å². The second kappa shape index (κ2) is 58.0. The monoisotopic (exact) mass is 1230 g/mol. The van der Waals surface area contributed by atoms with Crippen molar-refractivity contribution in [1.29, 1.82) is 5.53 Å². The van der Waals surface area contributed by atoms with Crippen molar-refractivity contribution < 1.29 is 19.3 Å². The summed E-state index contributed by atoms with van der Waals surface area (Å²) in [6, 6.07) is 41.7. The van der Waals surface area contributed by atoms with Gasteiger partial charge in [-0.2, -0.15) is 15.3 Å². The Morgan fingerprint density at radius 1 is 0.500 bits per heavy atom. The molecule has 0 spiro atoms. The molecule has 0 saturated heterocycles.